The maximum atomic E-state index is 10.9. The zero-order chi connectivity index (χ0) is 24.6. The second-order valence-electron chi connectivity index (χ2n) is 8.79. The highest BCUT2D eigenvalue weighted by Crippen LogP contribution is 2.31. The maximum Gasteiger partial charge on any atom is 0.187 e. The molecule has 0 aromatic rings. The molecule has 0 aromatic carbocycles. The highest BCUT2D eigenvalue weighted by atomic mass is 16.7. The van der Waals surface area contributed by atoms with Crippen LogP contribution in [0.25, 0.3) is 0 Å². The molecule has 0 amide bonds. The number of ether oxygens (including phenoxy) is 4. The van der Waals surface area contributed by atoms with Gasteiger partial charge in [-0.1, -0.05) is 0 Å². The van der Waals surface area contributed by atoms with E-state index in [4.69, 9.17) is 41.9 Å². The Morgan fingerprint density at radius 2 is 1.18 bits per heavy atom. The van der Waals surface area contributed by atoms with E-state index in [-0.39, 0.29) is 13.0 Å². The van der Waals surface area contributed by atoms with Gasteiger partial charge in [0.25, 0.3) is 0 Å². The van der Waals surface area contributed by atoms with Gasteiger partial charge in [0.1, 0.15) is 61.0 Å². The normalized spacial score (nSPS) is 53.7. The van der Waals surface area contributed by atoms with Crippen LogP contribution in [0.4, 0.5) is 0 Å². The standard InChI is InChI=1S/C18H36N4O11/c19-2-6-10(25)12(27)13(28)18(30-6)33-16-5(21)1-4(20)15(14(16)29)32-17-11(26)8(22)9(24)7(3-23)31-17/h4-18,23-29H,1-3,19-22H2/t4-,5?,6?,7?,8?,9+,10-,11?,12+,13?,14-,15?,16-,17+,18-/m1/s1. The van der Waals surface area contributed by atoms with Crippen molar-refractivity contribution in [2.24, 2.45) is 22.9 Å². The van der Waals surface area contributed by atoms with Gasteiger partial charge < -0.3 is 77.6 Å². The highest BCUT2D eigenvalue weighted by Gasteiger charge is 2.51. The maximum absolute atomic E-state index is 10.9. The van der Waals surface area contributed by atoms with Gasteiger partial charge in [0.2, 0.25) is 0 Å². The van der Waals surface area contributed by atoms with Gasteiger partial charge in [-0.05, 0) is 6.42 Å². The first kappa shape index (κ1) is 27.0. The largest absolute Gasteiger partial charge is 0.394 e. The van der Waals surface area contributed by atoms with Crippen LogP contribution in [0.15, 0.2) is 0 Å². The van der Waals surface area contributed by atoms with Gasteiger partial charge in [0.15, 0.2) is 12.6 Å². The van der Waals surface area contributed by atoms with Crippen LogP contribution in [-0.4, -0.2) is 141 Å². The van der Waals surface area contributed by atoms with Gasteiger partial charge in [-0.2, -0.15) is 0 Å². The molecule has 1 saturated carbocycles. The van der Waals surface area contributed by atoms with E-state index in [0.717, 1.165) is 0 Å². The average molecular weight is 485 g/mol. The van der Waals surface area contributed by atoms with E-state index in [2.05, 4.69) is 0 Å². The molecule has 194 valence electrons. The molecule has 2 aliphatic heterocycles. The Morgan fingerprint density at radius 3 is 1.70 bits per heavy atom. The molecule has 1 aliphatic carbocycles. The summed E-state index contributed by atoms with van der Waals surface area (Å²) >= 11 is 0. The molecule has 0 aromatic heterocycles. The molecular formula is C18H36N4O11. The van der Waals surface area contributed by atoms with Gasteiger partial charge in [0, 0.05) is 18.6 Å². The fourth-order valence-corrected chi connectivity index (χ4v) is 4.40. The van der Waals surface area contributed by atoms with Crippen molar-refractivity contribution in [2.45, 2.75) is 98.2 Å². The second-order valence-corrected chi connectivity index (χ2v) is 8.79. The number of hydrogen-bond acceptors (Lipinski definition) is 15. The van der Waals surface area contributed by atoms with Crippen LogP contribution in [0.3, 0.4) is 0 Å². The quantitative estimate of drug-likeness (QED) is 0.167. The molecule has 2 saturated heterocycles. The van der Waals surface area contributed by atoms with Crippen LogP contribution in [0.5, 0.6) is 0 Å². The Balaban J connectivity index is 1.72. The van der Waals surface area contributed by atoms with Crippen molar-refractivity contribution in [1.29, 1.82) is 0 Å². The summed E-state index contributed by atoms with van der Waals surface area (Å²) in [5.74, 6) is 0. The van der Waals surface area contributed by atoms with Crippen LogP contribution >= 0.6 is 0 Å². The van der Waals surface area contributed by atoms with Crippen molar-refractivity contribution in [1.82, 2.24) is 0 Å². The van der Waals surface area contributed by atoms with Crippen molar-refractivity contribution in [2.75, 3.05) is 13.2 Å². The van der Waals surface area contributed by atoms with Crippen LogP contribution < -0.4 is 22.9 Å². The minimum atomic E-state index is -1.66. The van der Waals surface area contributed by atoms with E-state index in [1.165, 1.54) is 0 Å². The van der Waals surface area contributed by atoms with Crippen molar-refractivity contribution < 1.29 is 54.7 Å². The van der Waals surface area contributed by atoms with E-state index in [1.54, 1.807) is 0 Å². The lowest BCUT2D eigenvalue weighted by Crippen LogP contribution is -2.68. The predicted octanol–water partition coefficient (Wildman–Crippen LogP) is -7.29. The smallest absolute Gasteiger partial charge is 0.187 e. The number of aliphatic hydroxyl groups excluding tert-OH is 7. The van der Waals surface area contributed by atoms with E-state index in [1.807, 2.05) is 0 Å². The summed E-state index contributed by atoms with van der Waals surface area (Å²) in [6.07, 6.45) is -16.5. The average Bonchev–Trinajstić information content (AvgIpc) is 2.79. The SMILES string of the molecule is NCC1O[C@H](O[C@@H]2C(N)C[C@@H](N)C(O[C@@H]3OC(CO)[C@H](O)C(N)C3O)[C@H]2O)C(O)[C@@H](O)[C@@H]1O. The minimum Gasteiger partial charge on any atom is -0.394 e. The second kappa shape index (κ2) is 11.0. The summed E-state index contributed by atoms with van der Waals surface area (Å²) in [4.78, 5) is 0. The zero-order valence-corrected chi connectivity index (χ0v) is 17.9. The molecule has 2 heterocycles. The number of aliphatic hydroxyl groups is 7. The molecule has 33 heavy (non-hydrogen) atoms. The molecule has 15 N–H and O–H groups in total. The third kappa shape index (κ3) is 5.32. The summed E-state index contributed by atoms with van der Waals surface area (Å²) in [6, 6.07) is -2.86. The van der Waals surface area contributed by atoms with E-state index in [0.29, 0.717) is 0 Å². The Kier molecular flexibility index (Phi) is 8.99. The molecular weight excluding hydrogens is 448 g/mol. The van der Waals surface area contributed by atoms with Gasteiger partial charge in [-0.3, -0.25) is 0 Å². The molecule has 3 fully saturated rings. The Hall–Kier alpha value is -0.600. The zero-order valence-electron chi connectivity index (χ0n) is 17.9. The predicted molar refractivity (Wildman–Crippen MR) is 108 cm³/mol. The van der Waals surface area contributed by atoms with Crippen molar-refractivity contribution in [3.8, 4) is 0 Å². The molecule has 0 radical (unpaired) electrons. The lowest BCUT2D eigenvalue weighted by atomic mass is 9.84. The van der Waals surface area contributed by atoms with Crippen molar-refractivity contribution in [3.63, 3.8) is 0 Å². The Morgan fingerprint density at radius 1 is 0.667 bits per heavy atom. The summed E-state index contributed by atoms with van der Waals surface area (Å²) in [6.45, 7) is -0.763. The molecule has 15 atom stereocenters. The van der Waals surface area contributed by atoms with E-state index in [9.17, 15) is 35.7 Å². The number of rotatable bonds is 6. The molecule has 0 bridgehead atoms. The Bertz CT molecular complexity index is 584. The summed E-state index contributed by atoms with van der Waals surface area (Å²) in [5.41, 5.74) is 23.5. The minimum absolute atomic E-state index is 0.0849. The van der Waals surface area contributed by atoms with E-state index >= 15 is 0 Å². The number of hydrogen-bond donors (Lipinski definition) is 11. The van der Waals surface area contributed by atoms with Gasteiger partial charge in [-0.25, -0.2) is 0 Å². The first-order valence-electron chi connectivity index (χ1n) is 10.8. The molecule has 15 nitrogen and oxygen atoms in total. The van der Waals surface area contributed by atoms with Crippen molar-refractivity contribution >= 4 is 0 Å². The molecule has 15 heteroatoms. The van der Waals surface area contributed by atoms with Crippen molar-refractivity contribution in [3.05, 3.63) is 0 Å². The van der Waals surface area contributed by atoms with Crippen LogP contribution in [-0.2, 0) is 18.9 Å². The van der Waals surface area contributed by atoms with Gasteiger partial charge >= 0.3 is 0 Å². The molecule has 0 spiro atoms. The highest BCUT2D eigenvalue weighted by molar-refractivity contribution is 5.01. The lowest BCUT2D eigenvalue weighted by molar-refractivity contribution is -0.332. The molecule has 3 aliphatic rings. The first-order valence-corrected chi connectivity index (χ1v) is 10.8. The molecule has 7 unspecified atom stereocenters. The summed E-state index contributed by atoms with van der Waals surface area (Å²) in [7, 11) is 0. The van der Waals surface area contributed by atoms with Gasteiger partial charge in [0.05, 0.1) is 12.6 Å². The topological polar surface area (TPSA) is 283 Å². The molecule has 3 rings (SSSR count). The fourth-order valence-electron chi connectivity index (χ4n) is 4.40. The summed E-state index contributed by atoms with van der Waals surface area (Å²) < 4.78 is 22.2. The fraction of sp³-hybridized carbons (Fsp3) is 1.00. The van der Waals surface area contributed by atoms with Crippen LogP contribution in [0.1, 0.15) is 6.42 Å². The lowest BCUT2D eigenvalue weighted by Gasteiger charge is -2.48. The Labute approximate surface area is 189 Å². The van der Waals surface area contributed by atoms with E-state index < -0.39 is 98.4 Å². The van der Waals surface area contributed by atoms with Crippen LogP contribution in [0.2, 0.25) is 0 Å². The third-order valence-corrected chi connectivity index (χ3v) is 6.48. The summed E-state index contributed by atoms with van der Waals surface area (Å²) in [5, 5.41) is 70.9. The third-order valence-electron chi connectivity index (χ3n) is 6.48. The number of nitrogens with two attached hydrogens (primary N) is 4. The van der Waals surface area contributed by atoms with Crippen LogP contribution in [0, 0.1) is 0 Å². The van der Waals surface area contributed by atoms with Gasteiger partial charge in [-0.15, -0.1) is 0 Å². The first-order chi connectivity index (χ1) is 15.5. The monoisotopic (exact) mass is 484 g/mol.